The number of imidazole rings is 1. The second-order valence-corrected chi connectivity index (χ2v) is 19.3. The van der Waals surface area contributed by atoms with Crippen molar-refractivity contribution >= 4 is 32.7 Å². The molecule has 6 aromatic carbocycles. The van der Waals surface area contributed by atoms with E-state index in [2.05, 4.69) is 188 Å². The lowest BCUT2D eigenvalue weighted by Gasteiger charge is -2.27. The third kappa shape index (κ3) is 7.02. The van der Waals surface area contributed by atoms with Crippen molar-refractivity contribution < 1.29 is 5.11 Å². The minimum atomic E-state index is -0.314. The molecule has 0 saturated heterocycles. The minimum absolute atomic E-state index is 0.134. The Morgan fingerprint density at radius 1 is 0.517 bits per heavy atom. The predicted molar refractivity (Wildman–Crippen MR) is 251 cm³/mol. The number of rotatable bonds is 5. The summed E-state index contributed by atoms with van der Waals surface area (Å²) in [5.74, 6) is 0.927. The quantitative estimate of drug-likeness (QED) is 0.177. The van der Waals surface area contributed by atoms with E-state index >= 15 is 0 Å². The van der Waals surface area contributed by atoms with Crippen LogP contribution in [0.5, 0.6) is 5.75 Å². The van der Waals surface area contributed by atoms with Gasteiger partial charge in [0.1, 0.15) is 11.6 Å². The number of nitrogens with zero attached hydrogens (tertiary/aromatic N) is 4. The maximum atomic E-state index is 12.4. The monoisotopic (exact) mass is 784 g/mol. The second kappa shape index (κ2) is 14.3. The van der Waals surface area contributed by atoms with Crippen LogP contribution in [0.1, 0.15) is 79.0 Å². The molecule has 1 N–H and O–H groups in total. The van der Waals surface area contributed by atoms with Gasteiger partial charge in [-0.2, -0.15) is 0 Å². The molecule has 5 heteroatoms. The molecular weight excluding hydrogens is 733 g/mol. The highest BCUT2D eigenvalue weighted by Gasteiger charge is 2.29. The number of para-hydroxylation sites is 1. The Kier molecular flexibility index (Phi) is 9.27. The van der Waals surface area contributed by atoms with E-state index in [9.17, 15) is 5.11 Å². The third-order valence-electron chi connectivity index (χ3n) is 11.8. The Bertz CT molecular complexity index is 3100. The van der Waals surface area contributed by atoms with Gasteiger partial charge in [-0.1, -0.05) is 147 Å². The van der Waals surface area contributed by atoms with Crippen molar-refractivity contribution in [1.82, 2.24) is 19.5 Å². The van der Waals surface area contributed by atoms with Crippen LogP contribution in [0.4, 0.5) is 0 Å². The lowest BCUT2D eigenvalue weighted by Crippen LogP contribution is -2.17. The molecule has 0 aliphatic heterocycles. The van der Waals surface area contributed by atoms with Gasteiger partial charge in [-0.25, -0.2) is 4.98 Å². The highest BCUT2D eigenvalue weighted by Crippen LogP contribution is 2.45. The van der Waals surface area contributed by atoms with E-state index in [0.717, 1.165) is 83.0 Å². The first kappa shape index (κ1) is 38.9. The smallest absolute Gasteiger partial charge is 0.149 e. The van der Waals surface area contributed by atoms with Crippen LogP contribution in [-0.2, 0) is 16.2 Å². The number of aromatic nitrogens is 4. The van der Waals surface area contributed by atoms with Crippen molar-refractivity contribution in [1.29, 1.82) is 0 Å². The number of phenolic OH excluding ortho intramolecular Hbond substituents is 1. The van der Waals surface area contributed by atoms with Crippen molar-refractivity contribution in [3.8, 4) is 56.3 Å². The fourth-order valence-electron chi connectivity index (χ4n) is 8.33. The molecule has 0 atom stereocenters. The number of hydrogen-bond acceptors (Lipinski definition) is 4. The van der Waals surface area contributed by atoms with Gasteiger partial charge < -0.3 is 5.11 Å². The fraction of sp³-hybridized carbons (Fsp3) is 0.218. The topological polar surface area (TPSA) is 63.8 Å². The number of fused-ring (bicyclic) bond motifs is 4. The van der Waals surface area contributed by atoms with Gasteiger partial charge in [0.25, 0.3) is 0 Å². The summed E-state index contributed by atoms with van der Waals surface area (Å²) in [7, 11) is 0. The Balaban J connectivity index is 1.33. The van der Waals surface area contributed by atoms with Gasteiger partial charge in [-0.05, 0) is 98.0 Å². The van der Waals surface area contributed by atoms with Crippen LogP contribution in [0, 0.1) is 0 Å². The summed E-state index contributed by atoms with van der Waals surface area (Å²) in [5, 5.41) is 15.7. The normalized spacial score (nSPS) is 12.5. The molecule has 0 unspecified atom stereocenters. The number of hydrogen-bond donors (Lipinski definition) is 1. The van der Waals surface area contributed by atoms with Crippen LogP contribution < -0.4 is 0 Å². The van der Waals surface area contributed by atoms with Crippen LogP contribution >= 0.6 is 0 Å². The highest BCUT2D eigenvalue weighted by atomic mass is 16.3. The zero-order valence-corrected chi connectivity index (χ0v) is 36.1. The summed E-state index contributed by atoms with van der Waals surface area (Å²) in [6.45, 7) is 19.9. The predicted octanol–water partition coefficient (Wildman–Crippen LogP) is 14.4. The Hall–Kier alpha value is -6.59. The number of benzene rings is 6. The maximum absolute atomic E-state index is 12.4. The summed E-state index contributed by atoms with van der Waals surface area (Å²) in [6, 6.07) is 47.1. The van der Waals surface area contributed by atoms with Crippen LogP contribution in [0.2, 0.25) is 0 Å². The van der Waals surface area contributed by atoms with Gasteiger partial charge in [0, 0.05) is 45.5 Å². The lowest BCUT2D eigenvalue weighted by atomic mass is 9.79. The average molecular weight is 785 g/mol. The molecule has 9 rings (SSSR count). The molecule has 3 heterocycles. The van der Waals surface area contributed by atoms with Crippen LogP contribution in [-0.4, -0.2) is 24.6 Å². The first-order valence-corrected chi connectivity index (χ1v) is 20.9. The van der Waals surface area contributed by atoms with Gasteiger partial charge in [-0.15, -0.1) is 0 Å². The van der Waals surface area contributed by atoms with Crippen molar-refractivity contribution in [2.75, 3.05) is 0 Å². The SMILES string of the molecule is CC(C)(C)c1cc(-c2cc(-c3ccccc3)ccn2)cc(-c2cccc3c2nc(-c2cc(C(C)(C)C)cc(C(C)(C)C)c2O)n3-c2ccc3c(c2)ncc2ccccc23)c1. The molecule has 0 saturated carbocycles. The lowest BCUT2D eigenvalue weighted by molar-refractivity contribution is 0.446. The van der Waals surface area contributed by atoms with E-state index in [-0.39, 0.29) is 22.0 Å². The Labute approximate surface area is 353 Å². The molecule has 298 valence electrons. The van der Waals surface area contributed by atoms with Crippen molar-refractivity contribution in [3.05, 3.63) is 163 Å². The molecule has 0 aliphatic rings. The molecule has 0 radical (unpaired) electrons. The molecule has 0 bridgehead atoms. The van der Waals surface area contributed by atoms with Gasteiger partial charge in [-0.3, -0.25) is 14.5 Å². The molecule has 9 aromatic rings. The number of phenols is 1. The van der Waals surface area contributed by atoms with Crippen LogP contribution in [0.25, 0.3) is 83.3 Å². The van der Waals surface area contributed by atoms with Gasteiger partial charge in [0.05, 0.1) is 27.8 Å². The van der Waals surface area contributed by atoms with Crippen molar-refractivity contribution in [3.63, 3.8) is 0 Å². The minimum Gasteiger partial charge on any atom is -0.507 e. The summed E-state index contributed by atoms with van der Waals surface area (Å²) in [4.78, 5) is 15.4. The van der Waals surface area contributed by atoms with E-state index in [1.165, 1.54) is 5.56 Å². The van der Waals surface area contributed by atoms with Crippen LogP contribution in [0.15, 0.2) is 146 Å². The van der Waals surface area contributed by atoms with Gasteiger partial charge in [0.2, 0.25) is 0 Å². The molecule has 0 aliphatic carbocycles. The highest BCUT2D eigenvalue weighted by molar-refractivity contribution is 6.06. The molecule has 60 heavy (non-hydrogen) atoms. The molecule has 0 amide bonds. The summed E-state index contributed by atoms with van der Waals surface area (Å²) in [6.07, 6.45) is 3.85. The standard InChI is InChI=1S/C55H52N4O/c1-53(2,3)39-27-37(26-38(28-39)47-29-35(24-25-56-47)34-16-11-10-12-17-34)43-20-15-21-49-50(43)58-52(45-30-40(54(4,5)6)31-46(51(45)60)55(7,8)9)59(49)41-22-23-44-42-19-14-13-18-36(42)33-57-48(44)32-41/h10-33,60H,1-9H3. The van der Waals surface area contributed by atoms with Crippen LogP contribution in [0.3, 0.4) is 0 Å². The van der Waals surface area contributed by atoms with E-state index in [0.29, 0.717) is 11.4 Å². The molecule has 0 fully saturated rings. The molecule has 5 nitrogen and oxygen atoms in total. The Morgan fingerprint density at radius 3 is 1.98 bits per heavy atom. The largest absolute Gasteiger partial charge is 0.507 e. The van der Waals surface area contributed by atoms with Gasteiger partial charge in [0.15, 0.2) is 0 Å². The number of pyridine rings is 2. The Morgan fingerprint density at radius 2 is 1.23 bits per heavy atom. The zero-order valence-electron chi connectivity index (χ0n) is 36.1. The van der Waals surface area contributed by atoms with Crippen molar-refractivity contribution in [2.24, 2.45) is 0 Å². The zero-order chi connectivity index (χ0) is 42.1. The molecule has 0 spiro atoms. The fourth-order valence-corrected chi connectivity index (χ4v) is 8.33. The summed E-state index contributed by atoms with van der Waals surface area (Å²) < 4.78 is 2.21. The van der Waals surface area contributed by atoms with Crippen molar-refractivity contribution in [2.45, 2.75) is 78.6 Å². The average Bonchev–Trinajstić information content (AvgIpc) is 3.62. The second-order valence-electron chi connectivity index (χ2n) is 19.3. The molecular formula is C55H52N4O. The third-order valence-corrected chi connectivity index (χ3v) is 11.8. The van der Waals surface area contributed by atoms with E-state index in [4.69, 9.17) is 15.0 Å². The molecule has 3 aromatic heterocycles. The van der Waals surface area contributed by atoms with E-state index in [1.807, 2.05) is 24.5 Å². The maximum Gasteiger partial charge on any atom is 0.149 e. The first-order valence-electron chi connectivity index (χ1n) is 20.9. The summed E-state index contributed by atoms with van der Waals surface area (Å²) >= 11 is 0. The van der Waals surface area contributed by atoms with Gasteiger partial charge >= 0.3 is 0 Å². The first-order chi connectivity index (χ1) is 28.5. The van der Waals surface area contributed by atoms with E-state index in [1.54, 1.807) is 0 Å². The number of aromatic hydroxyl groups is 1. The van der Waals surface area contributed by atoms with E-state index < -0.39 is 0 Å². The summed E-state index contributed by atoms with van der Waals surface area (Å²) in [5.41, 5.74) is 13.2.